The molecule has 0 N–H and O–H groups in total. The average Bonchev–Trinajstić information content (AvgIpc) is 2.49. The zero-order valence-electron chi connectivity index (χ0n) is 13.5. The number of piperazine rings is 1. The van der Waals surface area contributed by atoms with Crippen LogP contribution in [0.1, 0.15) is 0 Å². The van der Waals surface area contributed by atoms with Crippen molar-refractivity contribution in [1.29, 1.82) is 0 Å². The molecule has 5 nitrogen and oxygen atoms in total. The third kappa shape index (κ3) is 5.07. The fourth-order valence-corrected chi connectivity index (χ4v) is 2.84. The number of benzene rings is 1. The molecule has 0 aliphatic carbocycles. The fourth-order valence-electron chi connectivity index (χ4n) is 2.66. The highest BCUT2D eigenvalue weighted by molar-refractivity contribution is 6.30. The van der Waals surface area contributed by atoms with Crippen LogP contribution in [-0.2, 0) is 4.84 Å². The van der Waals surface area contributed by atoms with E-state index in [9.17, 15) is 4.79 Å². The smallest absolute Gasteiger partial charge is 0.349 e. The Hall–Kier alpha value is -0.830. The molecule has 23 heavy (non-hydrogen) atoms. The number of hydroxylamine groups is 1. The van der Waals surface area contributed by atoms with Crippen LogP contribution >= 0.6 is 11.6 Å². The lowest BCUT2D eigenvalue weighted by atomic mass is 10.2. The van der Waals surface area contributed by atoms with Gasteiger partial charge in [-0.05, 0) is 24.3 Å². The molecule has 0 atom stereocenters. The molecule has 128 valence electrons. The van der Waals surface area contributed by atoms with Crippen molar-refractivity contribution in [3.63, 3.8) is 0 Å². The first kappa shape index (κ1) is 20.2. The second-order valence-electron chi connectivity index (χ2n) is 5.76. The number of likely N-dealkylation sites (N-methyl/N-ethyl adjacent to an activating group) is 1. The van der Waals surface area contributed by atoms with Gasteiger partial charge in [0.1, 0.15) is 0 Å². The lowest BCUT2D eigenvalue weighted by molar-refractivity contribution is -0.907. The first-order chi connectivity index (χ1) is 10.5. The molecule has 1 aliphatic heterocycles. The minimum Gasteiger partial charge on any atom is -1.00 e. The molecule has 1 fully saturated rings. The van der Waals surface area contributed by atoms with Crippen LogP contribution < -0.4 is 29.0 Å². The quantitative estimate of drug-likeness (QED) is 0.274. The second kappa shape index (κ2) is 8.86. The molecule has 2 amide bonds. The maximum Gasteiger partial charge on any atom is 0.349 e. The van der Waals surface area contributed by atoms with Crippen molar-refractivity contribution < 1.29 is 38.1 Å². The number of amides is 2. The highest BCUT2D eigenvalue weighted by Crippen LogP contribution is 2.22. The van der Waals surface area contributed by atoms with Crippen LogP contribution in [0.25, 0.3) is 0 Å². The molecule has 0 spiro atoms. The molecular weight excluding hydrogens is 429 g/mol. The summed E-state index contributed by atoms with van der Waals surface area (Å²) in [7, 11) is 3.68. The number of carbonyl (C=O) groups is 1. The molecule has 0 saturated carbocycles. The van der Waals surface area contributed by atoms with Gasteiger partial charge in [0.25, 0.3) is 0 Å². The van der Waals surface area contributed by atoms with E-state index in [1.165, 1.54) is 12.2 Å². The summed E-state index contributed by atoms with van der Waals surface area (Å²) in [6.07, 6.45) is 1.94. The summed E-state index contributed by atoms with van der Waals surface area (Å²) in [5.74, 6) is 0. The summed E-state index contributed by atoms with van der Waals surface area (Å²) >= 11 is 5.99. The molecule has 0 unspecified atom stereocenters. The topological polar surface area (TPSA) is 32.8 Å². The van der Waals surface area contributed by atoms with Crippen molar-refractivity contribution in [2.75, 3.05) is 51.9 Å². The number of rotatable bonds is 4. The first-order valence-electron chi connectivity index (χ1n) is 7.32. The molecule has 0 bridgehead atoms. The van der Waals surface area contributed by atoms with E-state index in [2.05, 4.69) is 13.6 Å². The predicted molar refractivity (Wildman–Crippen MR) is 88.9 cm³/mol. The third-order valence-corrected chi connectivity index (χ3v) is 4.29. The van der Waals surface area contributed by atoms with E-state index < -0.39 is 0 Å². The summed E-state index contributed by atoms with van der Waals surface area (Å²) in [4.78, 5) is 19.7. The Balaban J connectivity index is 0.00000264. The largest absolute Gasteiger partial charge is 1.00 e. The van der Waals surface area contributed by atoms with E-state index >= 15 is 0 Å². The number of hydrogen-bond acceptors (Lipinski definition) is 2. The van der Waals surface area contributed by atoms with Crippen LogP contribution in [0.2, 0.25) is 5.02 Å². The molecule has 1 aromatic carbocycles. The predicted octanol–water partition coefficient (Wildman–Crippen LogP) is -0.220. The van der Waals surface area contributed by atoms with Gasteiger partial charge in [0, 0.05) is 5.02 Å². The van der Waals surface area contributed by atoms with Crippen molar-refractivity contribution in [3.8, 4) is 0 Å². The number of urea groups is 1. The van der Waals surface area contributed by atoms with Gasteiger partial charge in [0.15, 0.2) is 0 Å². The van der Waals surface area contributed by atoms with Crippen molar-refractivity contribution in [1.82, 2.24) is 4.90 Å². The normalized spacial score (nSPS) is 16.4. The van der Waals surface area contributed by atoms with E-state index in [4.69, 9.17) is 16.4 Å². The van der Waals surface area contributed by atoms with Gasteiger partial charge < -0.3 is 33.4 Å². The number of nitrogens with zero attached hydrogens (tertiary/aromatic N) is 3. The van der Waals surface area contributed by atoms with Gasteiger partial charge in [0.05, 0.1) is 52.6 Å². The Morgan fingerprint density at radius 3 is 2.65 bits per heavy atom. The van der Waals surface area contributed by atoms with Crippen LogP contribution in [0.3, 0.4) is 0 Å². The Kier molecular flexibility index (Phi) is 7.79. The maximum atomic E-state index is 12.7. The van der Waals surface area contributed by atoms with Crippen LogP contribution in [0.4, 0.5) is 10.5 Å². The van der Waals surface area contributed by atoms with Gasteiger partial charge in [-0.25, -0.2) is 4.79 Å². The summed E-state index contributed by atoms with van der Waals surface area (Å²) in [6.45, 7) is 7.94. The number of quaternary nitrogens is 1. The van der Waals surface area contributed by atoms with Crippen LogP contribution in [0.15, 0.2) is 36.9 Å². The van der Waals surface area contributed by atoms with Crippen molar-refractivity contribution in [3.05, 3.63) is 41.9 Å². The molecule has 1 aliphatic rings. The molecule has 2 rings (SSSR count). The summed E-state index contributed by atoms with van der Waals surface area (Å²) in [5.41, 5.74) is 0.633. The van der Waals surface area contributed by atoms with E-state index in [0.717, 1.165) is 24.1 Å². The lowest BCUT2D eigenvalue weighted by Crippen LogP contribution is -3.00. The molecule has 7 heteroatoms. The van der Waals surface area contributed by atoms with Gasteiger partial charge >= 0.3 is 6.03 Å². The number of anilines is 1. The van der Waals surface area contributed by atoms with Gasteiger partial charge in [0.2, 0.25) is 0 Å². The zero-order chi connectivity index (χ0) is 16.2. The Labute approximate surface area is 160 Å². The monoisotopic (exact) mass is 451 g/mol. The Morgan fingerprint density at radius 1 is 1.48 bits per heavy atom. The highest BCUT2D eigenvalue weighted by atomic mass is 127. The third-order valence-electron chi connectivity index (χ3n) is 4.06. The minimum absolute atomic E-state index is 0. The molecular formula is C16H23ClIN3O2. The highest BCUT2D eigenvalue weighted by Gasteiger charge is 2.32. The first-order valence-corrected chi connectivity index (χ1v) is 7.70. The van der Waals surface area contributed by atoms with E-state index in [1.807, 2.05) is 11.0 Å². The van der Waals surface area contributed by atoms with E-state index in [-0.39, 0.29) is 30.0 Å². The summed E-state index contributed by atoms with van der Waals surface area (Å²) < 4.78 is 0.914. The SMILES string of the molecule is C=CC[N+]1(C)CCN(C(=O)N(OC)c2cccc(Cl)c2)CC1.[I-]. The van der Waals surface area contributed by atoms with E-state index in [0.29, 0.717) is 23.8 Å². The molecule has 0 aromatic heterocycles. The average molecular weight is 452 g/mol. The molecule has 1 aromatic rings. The Bertz CT molecular complexity index is 548. The van der Waals surface area contributed by atoms with Crippen LogP contribution in [0, 0.1) is 0 Å². The Morgan fingerprint density at radius 2 is 2.13 bits per heavy atom. The van der Waals surface area contributed by atoms with Crippen molar-refractivity contribution >= 4 is 23.3 Å². The number of hydrogen-bond donors (Lipinski definition) is 0. The maximum absolute atomic E-state index is 12.7. The van der Waals surface area contributed by atoms with Gasteiger partial charge in [-0.3, -0.25) is 4.84 Å². The standard InChI is InChI=1S/C16H23ClN3O2.HI/c1-4-10-20(2)11-8-18(9-12-20)16(21)19(22-3)15-7-5-6-14(17)13-15;/h4-7,13H,1,8-12H2,2-3H3;1H/q+1;/p-1. The molecule has 1 saturated heterocycles. The summed E-state index contributed by atoms with van der Waals surface area (Å²) in [6, 6.07) is 6.92. The number of halogens is 2. The minimum atomic E-state index is -0.158. The molecule has 0 radical (unpaired) electrons. The second-order valence-corrected chi connectivity index (χ2v) is 6.20. The van der Waals surface area contributed by atoms with Crippen molar-refractivity contribution in [2.45, 2.75) is 0 Å². The van der Waals surface area contributed by atoms with Gasteiger partial charge in [-0.2, -0.15) is 5.06 Å². The van der Waals surface area contributed by atoms with Gasteiger partial charge in [-0.15, -0.1) is 0 Å². The van der Waals surface area contributed by atoms with Crippen molar-refractivity contribution in [2.24, 2.45) is 0 Å². The summed E-state index contributed by atoms with van der Waals surface area (Å²) in [5, 5.41) is 1.86. The number of carbonyl (C=O) groups excluding carboxylic acids is 1. The lowest BCUT2D eigenvalue weighted by Gasteiger charge is -2.42. The van der Waals surface area contributed by atoms with Crippen LogP contribution in [0.5, 0.6) is 0 Å². The van der Waals surface area contributed by atoms with E-state index in [1.54, 1.807) is 24.3 Å². The van der Waals surface area contributed by atoms with Crippen LogP contribution in [-0.4, -0.2) is 62.3 Å². The zero-order valence-corrected chi connectivity index (χ0v) is 16.5. The fraction of sp³-hybridized carbons (Fsp3) is 0.438. The van der Waals surface area contributed by atoms with Gasteiger partial charge in [-0.1, -0.05) is 24.2 Å². The molecule has 1 heterocycles.